The molecular weight excluding hydrogens is 306 g/mol. The molecule has 1 fully saturated rings. The van der Waals surface area contributed by atoms with E-state index in [1.54, 1.807) is 30.3 Å². The largest absolute Gasteiger partial charge is 0.384 e. The quantitative estimate of drug-likeness (QED) is 0.897. The predicted octanol–water partition coefficient (Wildman–Crippen LogP) is 1.85. The molecule has 3 N–H and O–H groups in total. The van der Waals surface area contributed by atoms with Gasteiger partial charge >= 0.3 is 0 Å². The van der Waals surface area contributed by atoms with E-state index in [-0.39, 0.29) is 4.90 Å². The van der Waals surface area contributed by atoms with Crippen LogP contribution in [0.1, 0.15) is 6.42 Å². The fraction of sp³-hybridized carbons (Fsp3) is 0.357. The summed E-state index contributed by atoms with van der Waals surface area (Å²) in [4.78, 5) is 4.44. The number of fused-ring (bicyclic) bond motifs is 1. The van der Waals surface area contributed by atoms with Gasteiger partial charge in [0, 0.05) is 11.9 Å². The van der Waals surface area contributed by atoms with E-state index in [2.05, 4.69) is 9.71 Å². The second-order valence-corrected chi connectivity index (χ2v) is 8.09. The van der Waals surface area contributed by atoms with Crippen molar-refractivity contribution in [3.63, 3.8) is 0 Å². The van der Waals surface area contributed by atoms with Crippen molar-refractivity contribution in [2.45, 2.75) is 11.3 Å². The molecule has 1 aromatic carbocycles. The normalized spacial score (nSPS) is 19.1. The summed E-state index contributed by atoms with van der Waals surface area (Å²) >= 11 is 1.88. The Morgan fingerprint density at radius 1 is 1.33 bits per heavy atom. The van der Waals surface area contributed by atoms with Gasteiger partial charge in [-0.3, -0.25) is 0 Å². The van der Waals surface area contributed by atoms with Crippen LogP contribution in [0.4, 0.5) is 5.82 Å². The molecule has 0 spiro atoms. The van der Waals surface area contributed by atoms with Crippen LogP contribution in [0.15, 0.2) is 35.2 Å². The lowest BCUT2D eigenvalue weighted by Gasteiger charge is -2.11. The number of pyridine rings is 1. The molecule has 7 heteroatoms. The van der Waals surface area contributed by atoms with Crippen molar-refractivity contribution >= 4 is 38.5 Å². The molecule has 0 saturated carbocycles. The third-order valence-corrected chi connectivity index (χ3v) is 6.23. The number of aromatic nitrogens is 1. The van der Waals surface area contributed by atoms with E-state index in [9.17, 15) is 8.42 Å². The summed E-state index contributed by atoms with van der Waals surface area (Å²) in [5.41, 5.74) is 6.32. The first-order valence-corrected chi connectivity index (χ1v) is 9.42. The van der Waals surface area contributed by atoms with E-state index in [0.717, 1.165) is 23.3 Å². The van der Waals surface area contributed by atoms with Crippen molar-refractivity contribution in [2.75, 3.05) is 23.8 Å². The first kappa shape index (κ1) is 14.6. The van der Waals surface area contributed by atoms with Gasteiger partial charge in [0.1, 0.15) is 5.82 Å². The maximum Gasteiger partial charge on any atom is 0.240 e. The van der Waals surface area contributed by atoms with Crippen LogP contribution in [0.5, 0.6) is 0 Å². The van der Waals surface area contributed by atoms with Gasteiger partial charge in [-0.25, -0.2) is 18.1 Å². The van der Waals surface area contributed by atoms with E-state index in [4.69, 9.17) is 5.73 Å². The summed E-state index contributed by atoms with van der Waals surface area (Å²) in [6.07, 6.45) is 1.08. The molecule has 112 valence electrons. The fourth-order valence-electron chi connectivity index (χ4n) is 2.34. The lowest BCUT2D eigenvalue weighted by molar-refractivity contribution is 0.546. The molecule has 1 saturated heterocycles. The first-order chi connectivity index (χ1) is 10.0. The van der Waals surface area contributed by atoms with Crippen LogP contribution in [0, 0.1) is 5.92 Å². The number of nitrogens with zero attached hydrogens (tertiary/aromatic N) is 1. The van der Waals surface area contributed by atoms with E-state index in [1.165, 1.54) is 0 Å². The molecule has 2 heterocycles. The van der Waals surface area contributed by atoms with Crippen molar-refractivity contribution in [1.29, 1.82) is 0 Å². The maximum atomic E-state index is 12.3. The SMILES string of the molecule is Nc1ccc2cc(S(=O)(=O)NCC3CCSC3)ccc2n1. The van der Waals surface area contributed by atoms with Crippen molar-refractivity contribution in [1.82, 2.24) is 9.71 Å². The molecular formula is C14H17N3O2S2. The molecule has 0 aliphatic carbocycles. The molecule has 0 bridgehead atoms. The lowest BCUT2D eigenvalue weighted by Crippen LogP contribution is -2.29. The number of rotatable bonds is 4. The average molecular weight is 323 g/mol. The summed E-state index contributed by atoms with van der Waals surface area (Å²) in [5, 5.41) is 0.767. The molecule has 3 rings (SSSR count). The number of benzene rings is 1. The van der Waals surface area contributed by atoms with Gasteiger partial charge in [0.15, 0.2) is 0 Å². The van der Waals surface area contributed by atoms with Crippen molar-refractivity contribution in [3.8, 4) is 0 Å². The summed E-state index contributed by atoms with van der Waals surface area (Å²) in [7, 11) is -3.47. The fourth-order valence-corrected chi connectivity index (χ4v) is 4.78. The van der Waals surface area contributed by atoms with Crippen LogP contribution in [-0.4, -0.2) is 31.5 Å². The van der Waals surface area contributed by atoms with E-state index in [0.29, 0.717) is 23.8 Å². The smallest absolute Gasteiger partial charge is 0.240 e. The Hall–Kier alpha value is -1.31. The molecule has 5 nitrogen and oxygen atoms in total. The summed E-state index contributed by atoms with van der Waals surface area (Å²) in [5.74, 6) is 3.01. The Morgan fingerprint density at radius 3 is 2.95 bits per heavy atom. The van der Waals surface area contributed by atoms with Gasteiger partial charge in [-0.05, 0) is 54.2 Å². The van der Waals surface area contributed by atoms with Gasteiger partial charge in [0.05, 0.1) is 10.4 Å². The minimum absolute atomic E-state index is 0.271. The van der Waals surface area contributed by atoms with Crippen LogP contribution in [-0.2, 0) is 10.0 Å². The van der Waals surface area contributed by atoms with Crippen LogP contribution >= 0.6 is 11.8 Å². The van der Waals surface area contributed by atoms with Gasteiger partial charge in [-0.15, -0.1) is 0 Å². The van der Waals surface area contributed by atoms with Gasteiger partial charge < -0.3 is 5.73 Å². The predicted molar refractivity (Wildman–Crippen MR) is 86.8 cm³/mol. The average Bonchev–Trinajstić information content (AvgIpc) is 2.98. The molecule has 0 amide bonds. The molecule has 1 atom stereocenters. The number of nitrogen functional groups attached to an aromatic ring is 1. The highest BCUT2D eigenvalue weighted by Gasteiger charge is 2.20. The van der Waals surface area contributed by atoms with E-state index >= 15 is 0 Å². The Morgan fingerprint density at radius 2 is 2.19 bits per heavy atom. The zero-order chi connectivity index (χ0) is 14.9. The second kappa shape index (κ2) is 5.82. The Bertz CT molecular complexity index is 756. The number of hydrogen-bond acceptors (Lipinski definition) is 5. The van der Waals surface area contributed by atoms with Gasteiger partial charge in [0.2, 0.25) is 10.0 Å². The third-order valence-electron chi connectivity index (χ3n) is 3.58. The summed E-state index contributed by atoms with van der Waals surface area (Å²) in [6, 6.07) is 8.34. The standard InChI is InChI=1S/C14H17N3O2S2/c15-14-4-1-11-7-12(2-3-13(11)17-14)21(18,19)16-8-10-5-6-20-9-10/h1-4,7,10,16H,5-6,8-9H2,(H2,15,17). The molecule has 1 aromatic heterocycles. The highest BCUT2D eigenvalue weighted by Crippen LogP contribution is 2.23. The number of nitrogens with two attached hydrogens (primary N) is 1. The van der Waals surface area contributed by atoms with Gasteiger partial charge in [-0.1, -0.05) is 0 Å². The highest BCUT2D eigenvalue weighted by atomic mass is 32.2. The lowest BCUT2D eigenvalue weighted by atomic mass is 10.1. The minimum atomic E-state index is -3.47. The van der Waals surface area contributed by atoms with E-state index < -0.39 is 10.0 Å². The van der Waals surface area contributed by atoms with Crippen LogP contribution in [0.25, 0.3) is 10.9 Å². The van der Waals surface area contributed by atoms with Crippen molar-refractivity contribution < 1.29 is 8.42 Å². The van der Waals surface area contributed by atoms with Gasteiger partial charge in [0.25, 0.3) is 0 Å². The Balaban J connectivity index is 1.82. The minimum Gasteiger partial charge on any atom is -0.384 e. The number of sulfonamides is 1. The number of nitrogens with one attached hydrogen (secondary N) is 1. The zero-order valence-electron chi connectivity index (χ0n) is 11.5. The molecule has 1 aliphatic heterocycles. The van der Waals surface area contributed by atoms with Crippen LogP contribution in [0.2, 0.25) is 0 Å². The third kappa shape index (κ3) is 3.30. The number of thioether (sulfide) groups is 1. The number of hydrogen-bond donors (Lipinski definition) is 2. The Labute approximate surface area is 128 Å². The van der Waals surface area contributed by atoms with E-state index in [1.807, 2.05) is 11.8 Å². The molecule has 0 radical (unpaired) electrons. The molecule has 1 aliphatic rings. The second-order valence-electron chi connectivity index (χ2n) is 5.17. The molecule has 21 heavy (non-hydrogen) atoms. The zero-order valence-corrected chi connectivity index (χ0v) is 13.1. The summed E-state index contributed by atoms with van der Waals surface area (Å²) < 4.78 is 27.4. The number of anilines is 1. The van der Waals surface area contributed by atoms with Crippen molar-refractivity contribution in [3.05, 3.63) is 30.3 Å². The monoisotopic (exact) mass is 323 g/mol. The van der Waals surface area contributed by atoms with Crippen molar-refractivity contribution in [2.24, 2.45) is 5.92 Å². The first-order valence-electron chi connectivity index (χ1n) is 6.78. The van der Waals surface area contributed by atoms with Gasteiger partial charge in [-0.2, -0.15) is 11.8 Å². The maximum absolute atomic E-state index is 12.3. The molecule has 1 unspecified atom stereocenters. The highest BCUT2D eigenvalue weighted by molar-refractivity contribution is 7.99. The summed E-state index contributed by atoms with van der Waals surface area (Å²) in [6.45, 7) is 0.507. The molecule has 2 aromatic rings. The van der Waals surface area contributed by atoms with Crippen LogP contribution in [0.3, 0.4) is 0 Å². The van der Waals surface area contributed by atoms with Crippen LogP contribution < -0.4 is 10.5 Å². The topological polar surface area (TPSA) is 85.1 Å². The Kier molecular flexibility index (Phi) is 4.05.